The average molecular weight is 224 g/mol. The molecule has 0 fully saturated rings. The van der Waals surface area contributed by atoms with E-state index in [0.29, 0.717) is 5.02 Å². The fourth-order valence-corrected chi connectivity index (χ4v) is 1.24. The van der Waals surface area contributed by atoms with Gasteiger partial charge in [0.25, 0.3) is 6.43 Å². The minimum atomic E-state index is -2.66. The molecule has 2 N–H and O–H groups in total. The van der Waals surface area contributed by atoms with Gasteiger partial charge in [-0.1, -0.05) is 11.6 Å². The van der Waals surface area contributed by atoms with E-state index in [9.17, 15) is 13.2 Å². The molecule has 0 aliphatic carbocycles. The van der Waals surface area contributed by atoms with Crippen LogP contribution >= 0.6 is 11.6 Å². The summed E-state index contributed by atoms with van der Waals surface area (Å²) in [5.41, 5.74) is 5.22. The van der Waals surface area contributed by atoms with E-state index in [2.05, 4.69) is 0 Å². The zero-order chi connectivity index (χ0) is 10.7. The lowest BCUT2D eigenvalue weighted by atomic mass is 10.1. The SMILES string of the molecule is NC(Cc1cc(Cl)ccc1F)C(F)F. The maximum absolute atomic E-state index is 13.0. The van der Waals surface area contributed by atoms with Crippen molar-refractivity contribution in [2.45, 2.75) is 18.9 Å². The molecule has 5 heteroatoms. The third kappa shape index (κ3) is 2.89. The molecule has 1 nitrogen and oxygen atoms in total. The van der Waals surface area contributed by atoms with Crippen molar-refractivity contribution in [2.75, 3.05) is 0 Å². The van der Waals surface area contributed by atoms with Crippen molar-refractivity contribution in [2.24, 2.45) is 5.73 Å². The molecule has 1 rings (SSSR count). The van der Waals surface area contributed by atoms with Crippen molar-refractivity contribution in [3.63, 3.8) is 0 Å². The van der Waals surface area contributed by atoms with Gasteiger partial charge in [0, 0.05) is 5.02 Å². The van der Waals surface area contributed by atoms with E-state index < -0.39 is 18.3 Å². The number of halogens is 4. The molecule has 14 heavy (non-hydrogen) atoms. The van der Waals surface area contributed by atoms with Gasteiger partial charge in [0.2, 0.25) is 0 Å². The van der Waals surface area contributed by atoms with Crippen molar-refractivity contribution in [1.29, 1.82) is 0 Å². The summed E-state index contributed by atoms with van der Waals surface area (Å²) in [4.78, 5) is 0. The largest absolute Gasteiger partial charge is 0.323 e. The highest BCUT2D eigenvalue weighted by Crippen LogP contribution is 2.17. The van der Waals surface area contributed by atoms with Gasteiger partial charge in [-0.05, 0) is 30.2 Å². The molecule has 1 aromatic carbocycles. The number of alkyl halides is 2. The molecule has 0 radical (unpaired) electrons. The zero-order valence-electron chi connectivity index (χ0n) is 7.18. The lowest BCUT2D eigenvalue weighted by molar-refractivity contribution is 0.115. The molecule has 0 aliphatic heterocycles. The normalized spacial score (nSPS) is 13.3. The molecule has 0 spiro atoms. The van der Waals surface area contributed by atoms with E-state index >= 15 is 0 Å². The van der Waals surface area contributed by atoms with Gasteiger partial charge in [-0.25, -0.2) is 13.2 Å². The van der Waals surface area contributed by atoms with Crippen LogP contribution in [0, 0.1) is 5.82 Å². The molecule has 0 saturated carbocycles. The summed E-state index contributed by atoms with van der Waals surface area (Å²) < 4.78 is 37.2. The third-order valence-electron chi connectivity index (χ3n) is 1.79. The average Bonchev–Trinajstić information content (AvgIpc) is 2.11. The maximum Gasteiger partial charge on any atom is 0.253 e. The van der Waals surface area contributed by atoms with E-state index in [-0.39, 0.29) is 12.0 Å². The summed E-state index contributed by atoms with van der Waals surface area (Å²) in [6, 6.07) is 2.44. The standard InChI is InChI=1S/C9H9ClF3N/c10-6-1-2-7(11)5(3-6)4-8(14)9(12)13/h1-3,8-9H,4,14H2. The highest BCUT2D eigenvalue weighted by molar-refractivity contribution is 6.30. The molecule has 78 valence electrons. The van der Waals surface area contributed by atoms with Gasteiger partial charge in [0.1, 0.15) is 5.82 Å². The summed E-state index contributed by atoms with van der Waals surface area (Å²) in [5.74, 6) is -0.564. The Labute approximate surface area is 84.7 Å². The second-order valence-corrected chi connectivity index (χ2v) is 3.37. The molecule has 0 aliphatic rings. The summed E-state index contributed by atoms with van der Waals surface area (Å²) in [6.07, 6.45) is -2.88. The Balaban J connectivity index is 2.80. The second kappa shape index (κ2) is 4.66. The summed E-state index contributed by atoms with van der Waals surface area (Å²) in [6.45, 7) is 0. The van der Waals surface area contributed by atoms with Crippen LogP contribution in [0.4, 0.5) is 13.2 Å². The summed E-state index contributed by atoms with van der Waals surface area (Å²) in [7, 11) is 0. The minimum absolute atomic E-state index is 0.116. The van der Waals surface area contributed by atoms with Crippen LogP contribution in [0.5, 0.6) is 0 Å². The van der Waals surface area contributed by atoms with Gasteiger partial charge in [-0.2, -0.15) is 0 Å². The molecule has 0 bridgehead atoms. The number of nitrogens with two attached hydrogens (primary N) is 1. The number of rotatable bonds is 3. The molecule has 1 unspecified atom stereocenters. The van der Waals surface area contributed by atoms with Crippen molar-refractivity contribution in [1.82, 2.24) is 0 Å². The first-order valence-corrected chi connectivity index (χ1v) is 4.36. The van der Waals surface area contributed by atoms with Crippen LogP contribution in [-0.2, 0) is 6.42 Å². The molecule has 1 aromatic rings. The molecule has 0 saturated heterocycles. The van der Waals surface area contributed by atoms with Crippen LogP contribution in [0.15, 0.2) is 18.2 Å². The maximum atomic E-state index is 13.0. The van der Waals surface area contributed by atoms with Gasteiger partial charge in [0.15, 0.2) is 0 Å². The number of hydrogen-bond donors (Lipinski definition) is 1. The van der Waals surface area contributed by atoms with Gasteiger partial charge >= 0.3 is 0 Å². The molecule has 1 atom stereocenters. The smallest absolute Gasteiger partial charge is 0.253 e. The van der Waals surface area contributed by atoms with E-state index in [1.54, 1.807) is 0 Å². The van der Waals surface area contributed by atoms with Crippen molar-refractivity contribution in [3.05, 3.63) is 34.6 Å². The lowest BCUT2D eigenvalue weighted by Gasteiger charge is -2.10. The Morgan fingerprint density at radius 2 is 2.00 bits per heavy atom. The van der Waals surface area contributed by atoms with Crippen LogP contribution in [0.25, 0.3) is 0 Å². The quantitative estimate of drug-likeness (QED) is 0.838. The predicted octanol–water partition coefficient (Wildman–Crippen LogP) is 2.61. The van der Waals surface area contributed by atoms with E-state index in [1.165, 1.54) is 12.1 Å². The van der Waals surface area contributed by atoms with Gasteiger partial charge in [-0.15, -0.1) is 0 Å². The topological polar surface area (TPSA) is 26.0 Å². The fraction of sp³-hybridized carbons (Fsp3) is 0.333. The monoisotopic (exact) mass is 223 g/mol. The van der Waals surface area contributed by atoms with E-state index in [4.69, 9.17) is 17.3 Å². The molecular weight excluding hydrogens is 215 g/mol. The Morgan fingerprint density at radius 1 is 1.36 bits per heavy atom. The van der Waals surface area contributed by atoms with Crippen molar-refractivity contribution < 1.29 is 13.2 Å². The predicted molar refractivity (Wildman–Crippen MR) is 49.1 cm³/mol. The Bertz CT molecular complexity index is 317. The van der Waals surface area contributed by atoms with Crippen LogP contribution in [0.2, 0.25) is 5.02 Å². The van der Waals surface area contributed by atoms with Crippen LogP contribution < -0.4 is 5.73 Å². The molecule has 0 aromatic heterocycles. The summed E-state index contributed by atoms with van der Waals surface area (Å²) in [5, 5.41) is 0.308. The Kier molecular flexibility index (Phi) is 3.77. The first-order chi connectivity index (χ1) is 6.50. The Hall–Kier alpha value is -0.740. The van der Waals surface area contributed by atoms with Crippen molar-refractivity contribution >= 4 is 11.6 Å². The number of benzene rings is 1. The van der Waals surface area contributed by atoms with Gasteiger partial charge in [0.05, 0.1) is 6.04 Å². The van der Waals surface area contributed by atoms with Gasteiger partial charge in [-0.3, -0.25) is 0 Å². The highest BCUT2D eigenvalue weighted by atomic mass is 35.5. The third-order valence-corrected chi connectivity index (χ3v) is 2.02. The Morgan fingerprint density at radius 3 is 2.57 bits per heavy atom. The minimum Gasteiger partial charge on any atom is -0.323 e. The molecule has 0 amide bonds. The lowest BCUT2D eigenvalue weighted by Crippen LogP contribution is -2.31. The van der Waals surface area contributed by atoms with E-state index in [0.717, 1.165) is 6.07 Å². The first kappa shape index (κ1) is 11.3. The van der Waals surface area contributed by atoms with Crippen LogP contribution in [-0.4, -0.2) is 12.5 Å². The molecular formula is C9H9ClF3N. The first-order valence-electron chi connectivity index (χ1n) is 3.98. The summed E-state index contributed by atoms with van der Waals surface area (Å²) >= 11 is 5.58. The van der Waals surface area contributed by atoms with Crippen LogP contribution in [0.3, 0.4) is 0 Å². The van der Waals surface area contributed by atoms with Gasteiger partial charge < -0.3 is 5.73 Å². The van der Waals surface area contributed by atoms with Crippen molar-refractivity contribution in [3.8, 4) is 0 Å². The molecule has 0 heterocycles. The van der Waals surface area contributed by atoms with Crippen LogP contribution in [0.1, 0.15) is 5.56 Å². The number of hydrogen-bond acceptors (Lipinski definition) is 1. The zero-order valence-corrected chi connectivity index (χ0v) is 7.94. The second-order valence-electron chi connectivity index (χ2n) is 2.94. The van der Waals surface area contributed by atoms with E-state index in [1.807, 2.05) is 0 Å². The fourth-order valence-electron chi connectivity index (χ4n) is 1.04. The highest BCUT2D eigenvalue weighted by Gasteiger charge is 2.17.